The SMILES string of the molecule is Cc1ccc(-c2ccc(C=C3SC(=Nc4ccc(CC(=O)O)cc4)NC3=O)cc2)cc1. The number of nitrogens with zero attached hydrogens (tertiary/aromatic N) is 1. The summed E-state index contributed by atoms with van der Waals surface area (Å²) in [4.78, 5) is 28.1. The molecule has 0 spiro atoms. The molecule has 6 heteroatoms. The van der Waals surface area contributed by atoms with E-state index in [1.165, 1.54) is 17.3 Å². The van der Waals surface area contributed by atoms with Crippen LogP contribution in [0.15, 0.2) is 82.7 Å². The molecule has 1 saturated heterocycles. The normalized spacial score (nSPS) is 16.0. The summed E-state index contributed by atoms with van der Waals surface area (Å²) in [6, 6.07) is 23.4. The van der Waals surface area contributed by atoms with Gasteiger partial charge in [-0.15, -0.1) is 0 Å². The lowest BCUT2D eigenvalue weighted by atomic mass is 10.0. The highest BCUT2D eigenvalue weighted by Gasteiger charge is 2.23. The third-order valence-corrected chi connectivity index (χ3v) is 5.68. The number of nitrogens with one attached hydrogen (secondary N) is 1. The first-order chi connectivity index (χ1) is 15.0. The lowest BCUT2D eigenvalue weighted by Gasteiger charge is -2.03. The molecule has 2 N–H and O–H groups in total. The van der Waals surface area contributed by atoms with Gasteiger partial charge in [-0.3, -0.25) is 9.59 Å². The van der Waals surface area contributed by atoms with Crippen molar-refractivity contribution in [1.29, 1.82) is 0 Å². The monoisotopic (exact) mass is 428 g/mol. The van der Waals surface area contributed by atoms with Crippen molar-refractivity contribution in [2.45, 2.75) is 13.3 Å². The number of hydrogen-bond acceptors (Lipinski definition) is 4. The number of carboxylic acid groups (broad SMARTS) is 1. The second-order valence-electron chi connectivity index (χ2n) is 7.21. The summed E-state index contributed by atoms with van der Waals surface area (Å²) in [5.74, 6) is -1.06. The third kappa shape index (κ3) is 5.29. The molecule has 4 rings (SSSR count). The molecule has 5 nitrogen and oxygen atoms in total. The van der Waals surface area contributed by atoms with Crippen LogP contribution < -0.4 is 5.32 Å². The van der Waals surface area contributed by atoms with Crippen molar-refractivity contribution in [1.82, 2.24) is 5.32 Å². The van der Waals surface area contributed by atoms with E-state index in [1.54, 1.807) is 24.3 Å². The number of rotatable bonds is 5. The van der Waals surface area contributed by atoms with Crippen LogP contribution >= 0.6 is 11.8 Å². The molecule has 1 aliphatic rings. The second kappa shape index (κ2) is 9.02. The lowest BCUT2D eigenvalue weighted by molar-refractivity contribution is -0.136. The summed E-state index contributed by atoms with van der Waals surface area (Å²) in [6.45, 7) is 2.06. The Bertz CT molecular complexity index is 1180. The molecule has 1 amide bonds. The van der Waals surface area contributed by atoms with E-state index in [2.05, 4.69) is 41.5 Å². The molecule has 1 aliphatic heterocycles. The Morgan fingerprint density at radius 2 is 1.58 bits per heavy atom. The van der Waals surface area contributed by atoms with Crippen LogP contribution in [0.2, 0.25) is 0 Å². The average molecular weight is 429 g/mol. The zero-order chi connectivity index (χ0) is 21.8. The number of hydrogen-bond donors (Lipinski definition) is 2. The molecule has 1 fully saturated rings. The van der Waals surface area contributed by atoms with Gasteiger partial charge in [-0.05, 0) is 59.1 Å². The summed E-state index contributed by atoms with van der Waals surface area (Å²) in [6.07, 6.45) is 1.81. The number of amidine groups is 1. The van der Waals surface area contributed by atoms with Crippen molar-refractivity contribution in [3.8, 4) is 11.1 Å². The van der Waals surface area contributed by atoms with E-state index in [0.717, 1.165) is 16.7 Å². The highest BCUT2D eigenvalue weighted by molar-refractivity contribution is 8.18. The maximum atomic E-state index is 12.3. The van der Waals surface area contributed by atoms with Crippen LogP contribution in [0.25, 0.3) is 17.2 Å². The Morgan fingerprint density at radius 3 is 2.19 bits per heavy atom. The largest absolute Gasteiger partial charge is 0.481 e. The van der Waals surface area contributed by atoms with Crippen LogP contribution in [0.1, 0.15) is 16.7 Å². The van der Waals surface area contributed by atoms with E-state index in [4.69, 9.17) is 5.11 Å². The highest BCUT2D eigenvalue weighted by atomic mass is 32.2. The van der Waals surface area contributed by atoms with Crippen molar-refractivity contribution in [3.05, 3.63) is 94.4 Å². The quantitative estimate of drug-likeness (QED) is 0.549. The maximum absolute atomic E-state index is 12.3. The molecular formula is C25H20N2O3S. The summed E-state index contributed by atoms with van der Waals surface area (Å²) >= 11 is 1.28. The zero-order valence-electron chi connectivity index (χ0n) is 16.8. The number of carbonyl (C=O) groups is 2. The van der Waals surface area contributed by atoms with E-state index in [0.29, 0.717) is 21.3 Å². The number of amides is 1. The molecule has 0 radical (unpaired) electrons. The summed E-state index contributed by atoms with van der Waals surface area (Å²) < 4.78 is 0. The van der Waals surface area contributed by atoms with Crippen molar-refractivity contribution in [2.24, 2.45) is 4.99 Å². The third-order valence-electron chi connectivity index (χ3n) is 4.77. The number of aryl methyl sites for hydroxylation is 1. The number of aliphatic imine (C=N–C) groups is 1. The van der Waals surface area contributed by atoms with Gasteiger partial charge in [-0.2, -0.15) is 0 Å². The first-order valence-corrected chi connectivity index (χ1v) is 10.6. The smallest absolute Gasteiger partial charge is 0.307 e. The molecule has 154 valence electrons. The van der Waals surface area contributed by atoms with E-state index in [-0.39, 0.29) is 12.3 Å². The molecule has 1 heterocycles. The Balaban J connectivity index is 1.46. The summed E-state index contributed by atoms with van der Waals surface area (Å²) in [5, 5.41) is 12.1. The van der Waals surface area contributed by atoms with Gasteiger partial charge in [0.05, 0.1) is 17.0 Å². The van der Waals surface area contributed by atoms with Crippen molar-refractivity contribution < 1.29 is 14.7 Å². The fourth-order valence-electron chi connectivity index (χ4n) is 3.13. The van der Waals surface area contributed by atoms with E-state index < -0.39 is 5.97 Å². The predicted octanol–water partition coefficient (Wildman–Crippen LogP) is 5.18. The lowest BCUT2D eigenvalue weighted by Crippen LogP contribution is -2.19. The Labute approximate surface area is 184 Å². The minimum atomic E-state index is -0.876. The molecule has 0 saturated carbocycles. The van der Waals surface area contributed by atoms with Crippen LogP contribution in [-0.2, 0) is 16.0 Å². The first-order valence-electron chi connectivity index (χ1n) is 9.74. The van der Waals surface area contributed by atoms with Gasteiger partial charge in [0.2, 0.25) is 0 Å². The van der Waals surface area contributed by atoms with Gasteiger partial charge < -0.3 is 10.4 Å². The summed E-state index contributed by atoms with van der Waals surface area (Å²) in [7, 11) is 0. The first kappa shape index (κ1) is 20.6. The topological polar surface area (TPSA) is 78.8 Å². The fraction of sp³-hybridized carbons (Fsp3) is 0.0800. The van der Waals surface area contributed by atoms with E-state index >= 15 is 0 Å². The minimum absolute atomic E-state index is 0.0298. The number of aliphatic carboxylic acids is 1. The molecule has 0 atom stereocenters. The zero-order valence-corrected chi connectivity index (χ0v) is 17.6. The van der Waals surface area contributed by atoms with Crippen LogP contribution in [-0.4, -0.2) is 22.2 Å². The van der Waals surface area contributed by atoms with Crippen molar-refractivity contribution in [3.63, 3.8) is 0 Å². The van der Waals surface area contributed by atoms with Gasteiger partial charge >= 0.3 is 5.97 Å². The molecule has 3 aromatic carbocycles. The average Bonchev–Trinajstić information content (AvgIpc) is 3.09. The number of thioether (sulfide) groups is 1. The molecule has 0 aromatic heterocycles. The van der Waals surface area contributed by atoms with E-state index in [1.807, 2.05) is 30.3 Å². The van der Waals surface area contributed by atoms with Gasteiger partial charge in [0.15, 0.2) is 5.17 Å². The van der Waals surface area contributed by atoms with Crippen LogP contribution in [0.3, 0.4) is 0 Å². The molecule has 31 heavy (non-hydrogen) atoms. The van der Waals surface area contributed by atoms with Gasteiger partial charge in [0.1, 0.15) is 0 Å². The van der Waals surface area contributed by atoms with Gasteiger partial charge in [0.25, 0.3) is 5.91 Å². The molecule has 0 bridgehead atoms. The maximum Gasteiger partial charge on any atom is 0.307 e. The molecule has 0 unspecified atom stereocenters. The van der Waals surface area contributed by atoms with Crippen LogP contribution in [0.5, 0.6) is 0 Å². The van der Waals surface area contributed by atoms with E-state index in [9.17, 15) is 9.59 Å². The molecular weight excluding hydrogens is 408 g/mol. The number of carboxylic acids is 1. The minimum Gasteiger partial charge on any atom is -0.481 e. The van der Waals surface area contributed by atoms with Gasteiger partial charge in [0, 0.05) is 0 Å². The van der Waals surface area contributed by atoms with Crippen molar-refractivity contribution >= 4 is 40.6 Å². The molecule has 0 aliphatic carbocycles. The van der Waals surface area contributed by atoms with Crippen LogP contribution in [0, 0.1) is 6.92 Å². The predicted molar refractivity (Wildman–Crippen MR) is 125 cm³/mol. The Hall–Kier alpha value is -3.64. The van der Waals surface area contributed by atoms with Crippen LogP contribution in [0.4, 0.5) is 5.69 Å². The Kier molecular flexibility index (Phi) is 6.00. The number of benzene rings is 3. The fourth-order valence-corrected chi connectivity index (χ4v) is 3.97. The van der Waals surface area contributed by atoms with Gasteiger partial charge in [-0.25, -0.2) is 4.99 Å². The second-order valence-corrected chi connectivity index (χ2v) is 8.24. The standard InChI is InChI=1S/C25H20N2O3S/c1-16-2-8-19(9-3-16)20-10-4-17(5-11-20)14-22-24(30)27-25(31-22)26-21-12-6-18(7-13-21)15-23(28)29/h2-14H,15H2,1H3,(H,28,29)(H,26,27,30). The van der Waals surface area contributed by atoms with Gasteiger partial charge in [-0.1, -0.05) is 66.2 Å². The van der Waals surface area contributed by atoms with Crippen molar-refractivity contribution in [2.75, 3.05) is 0 Å². The summed E-state index contributed by atoms with van der Waals surface area (Å²) in [5.41, 5.74) is 5.80. The Morgan fingerprint density at radius 1 is 0.968 bits per heavy atom. The highest BCUT2D eigenvalue weighted by Crippen LogP contribution is 2.29. The molecule has 3 aromatic rings. The number of carbonyl (C=O) groups excluding carboxylic acids is 1.